The Bertz CT molecular complexity index is 1120. The van der Waals surface area contributed by atoms with E-state index in [1.54, 1.807) is 29.2 Å². The molecule has 2 aromatic rings. The number of hydrogen-bond acceptors (Lipinski definition) is 7. The third-order valence-electron chi connectivity index (χ3n) is 6.84. The number of ether oxygens (including phenoxy) is 3. The molecule has 2 saturated heterocycles. The molecule has 204 valence electrons. The molecule has 1 atom stereocenters. The molecule has 38 heavy (non-hydrogen) atoms. The average molecular weight is 523 g/mol. The Hall–Kier alpha value is -3.36. The maximum Gasteiger partial charge on any atom is 0.295 e. The molecule has 0 radical (unpaired) electrons. The van der Waals surface area contributed by atoms with E-state index in [1.807, 2.05) is 31.2 Å². The molecule has 0 spiro atoms. The summed E-state index contributed by atoms with van der Waals surface area (Å²) in [6.45, 7) is 9.14. The molecule has 4 rings (SSSR count). The maximum atomic E-state index is 13.4. The molecule has 2 fully saturated rings. The fraction of sp³-hybridized carbons (Fsp3) is 0.467. The summed E-state index contributed by atoms with van der Waals surface area (Å²) in [7, 11) is 0. The highest BCUT2D eigenvalue weighted by atomic mass is 16.5. The standard InChI is InChI=1S/C30H38N2O6/c1-3-5-18-38-25-8-6-7-23(21-25)27-26(28(33)22-9-11-24(12-10-22)37-17-4-2)29(34)30(35)32(27)14-13-31-15-19-36-20-16-31/h6-12,21,27,33H,3-5,13-20H2,1-2H3/b28-26+. The van der Waals surface area contributed by atoms with Crippen LogP contribution in [-0.2, 0) is 14.3 Å². The van der Waals surface area contributed by atoms with E-state index in [-0.39, 0.29) is 11.3 Å². The van der Waals surface area contributed by atoms with Gasteiger partial charge in [-0.3, -0.25) is 14.5 Å². The van der Waals surface area contributed by atoms with Crippen molar-refractivity contribution in [1.29, 1.82) is 0 Å². The molecule has 0 bridgehead atoms. The van der Waals surface area contributed by atoms with Gasteiger partial charge in [0.2, 0.25) is 0 Å². The third kappa shape index (κ3) is 6.55. The second-order valence-corrected chi connectivity index (χ2v) is 9.59. The fourth-order valence-electron chi connectivity index (χ4n) is 4.72. The van der Waals surface area contributed by atoms with Crippen LogP contribution in [0.5, 0.6) is 11.5 Å². The molecule has 8 heteroatoms. The van der Waals surface area contributed by atoms with E-state index < -0.39 is 17.7 Å². The van der Waals surface area contributed by atoms with Crippen molar-refractivity contribution in [3.63, 3.8) is 0 Å². The molecule has 2 aromatic carbocycles. The van der Waals surface area contributed by atoms with Gasteiger partial charge in [0.05, 0.1) is 38.0 Å². The predicted molar refractivity (Wildman–Crippen MR) is 145 cm³/mol. The smallest absolute Gasteiger partial charge is 0.295 e. The number of hydrogen-bond donors (Lipinski definition) is 1. The van der Waals surface area contributed by atoms with Gasteiger partial charge in [0, 0.05) is 31.7 Å². The van der Waals surface area contributed by atoms with Crippen molar-refractivity contribution < 1.29 is 28.9 Å². The predicted octanol–water partition coefficient (Wildman–Crippen LogP) is 4.41. The summed E-state index contributed by atoms with van der Waals surface area (Å²) >= 11 is 0. The topological polar surface area (TPSA) is 88.5 Å². The normalized spacial score (nSPS) is 19.6. The SMILES string of the molecule is CCCCOc1cccc(C2/C(=C(\O)c3ccc(OCCC)cc3)C(=O)C(=O)N2CCN2CCOCC2)c1. The van der Waals surface area contributed by atoms with Gasteiger partial charge in [0.15, 0.2) is 0 Å². The first kappa shape index (κ1) is 27.7. The number of aliphatic hydroxyl groups excluding tert-OH is 1. The Balaban J connectivity index is 1.68. The summed E-state index contributed by atoms with van der Waals surface area (Å²) < 4.78 is 17.0. The number of likely N-dealkylation sites (tertiary alicyclic amines) is 1. The highest BCUT2D eigenvalue weighted by molar-refractivity contribution is 6.46. The Kier molecular flexibility index (Phi) is 9.79. The Labute approximate surface area is 224 Å². The molecule has 0 saturated carbocycles. The lowest BCUT2D eigenvalue weighted by molar-refractivity contribution is -0.140. The molecule has 2 heterocycles. The number of amides is 1. The van der Waals surface area contributed by atoms with E-state index in [0.29, 0.717) is 56.6 Å². The Morgan fingerprint density at radius 2 is 1.68 bits per heavy atom. The van der Waals surface area contributed by atoms with Gasteiger partial charge in [-0.15, -0.1) is 0 Å². The number of aliphatic hydroxyl groups is 1. The summed E-state index contributed by atoms with van der Waals surface area (Å²) in [5.74, 6) is -0.125. The lowest BCUT2D eigenvalue weighted by Crippen LogP contribution is -2.42. The Morgan fingerprint density at radius 3 is 2.39 bits per heavy atom. The number of rotatable bonds is 12. The number of ketones is 1. The average Bonchev–Trinajstić information content (AvgIpc) is 3.21. The lowest BCUT2D eigenvalue weighted by Gasteiger charge is -2.31. The molecule has 2 aliphatic rings. The van der Waals surface area contributed by atoms with Crippen LogP contribution in [0, 0.1) is 0 Å². The van der Waals surface area contributed by atoms with E-state index in [9.17, 15) is 14.7 Å². The van der Waals surface area contributed by atoms with Crippen LogP contribution in [0.2, 0.25) is 0 Å². The molecular weight excluding hydrogens is 484 g/mol. The molecule has 2 aliphatic heterocycles. The van der Waals surface area contributed by atoms with Crippen molar-refractivity contribution >= 4 is 17.4 Å². The number of Topliss-reactive ketones (excluding diaryl/α,β-unsaturated/α-hetero) is 1. The van der Waals surface area contributed by atoms with Crippen molar-refractivity contribution in [2.45, 2.75) is 39.2 Å². The first-order valence-electron chi connectivity index (χ1n) is 13.6. The number of benzene rings is 2. The first-order chi connectivity index (χ1) is 18.5. The number of nitrogens with zero attached hydrogens (tertiary/aromatic N) is 2. The maximum absolute atomic E-state index is 13.4. The van der Waals surface area contributed by atoms with Crippen LogP contribution in [-0.4, -0.2) is 79.2 Å². The summed E-state index contributed by atoms with van der Waals surface area (Å²) in [5, 5.41) is 11.4. The van der Waals surface area contributed by atoms with Crippen molar-refractivity contribution in [3.8, 4) is 11.5 Å². The van der Waals surface area contributed by atoms with E-state index in [0.717, 1.165) is 37.9 Å². The zero-order valence-corrected chi connectivity index (χ0v) is 22.4. The minimum Gasteiger partial charge on any atom is -0.507 e. The number of carbonyl (C=O) groups is 2. The van der Waals surface area contributed by atoms with Gasteiger partial charge in [-0.25, -0.2) is 0 Å². The third-order valence-corrected chi connectivity index (χ3v) is 6.84. The van der Waals surface area contributed by atoms with Crippen LogP contribution in [0.4, 0.5) is 0 Å². The second-order valence-electron chi connectivity index (χ2n) is 9.59. The second kappa shape index (κ2) is 13.4. The summed E-state index contributed by atoms with van der Waals surface area (Å²) in [6.07, 6.45) is 2.83. The van der Waals surface area contributed by atoms with Crippen molar-refractivity contribution in [2.24, 2.45) is 0 Å². The van der Waals surface area contributed by atoms with Crippen LogP contribution in [0.15, 0.2) is 54.1 Å². The monoisotopic (exact) mass is 522 g/mol. The summed E-state index contributed by atoms with van der Waals surface area (Å²) in [5.41, 5.74) is 1.27. The van der Waals surface area contributed by atoms with Gasteiger partial charge in [-0.05, 0) is 54.8 Å². The molecule has 8 nitrogen and oxygen atoms in total. The van der Waals surface area contributed by atoms with E-state index in [1.165, 1.54) is 0 Å². The number of morpholine rings is 1. The van der Waals surface area contributed by atoms with Gasteiger partial charge < -0.3 is 24.2 Å². The van der Waals surface area contributed by atoms with Crippen LogP contribution < -0.4 is 9.47 Å². The largest absolute Gasteiger partial charge is 0.507 e. The quantitative estimate of drug-likeness (QED) is 0.191. The fourth-order valence-corrected chi connectivity index (χ4v) is 4.72. The molecule has 1 N–H and O–H groups in total. The molecule has 0 aliphatic carbocycles. The number of carbonyl (C=O) groups excluding carboxylic acids is 2. The summed E-state index contributed by atoms with van der Waals surface area (Å²) in [6, 6.07) is 13.7. The zero-order chi connectivity index (χ0) is 26.9. The van der Waals surface area contributed by atoms with Crippen molar-refractivity contribution in [2.75, 3.05) is 52.6 Å². The van der Waals surface area contributed by atoms with Crippen LogP contribution in [0.1, 0.15) is 50.3 Å². The lowest BCUT2D eigenvalue weighted by atomic mass is 9.95. The van der Waals surface area contributed by atoms with Crippen LogP contribution in [0.3, 0.4) is 0 Å². The van der Waals surface area contributed by atoms with Crippen molar-refractivity contribution in [1.82, 2.24) is 9.80 Å². The molecule has 1 amide bonds. The van der Waals surface area contributed by atoms with Gasteiger partial charge in [0.1, 0.15) is 17.3 Å². The van der Waals surface area contributed by atoms with Gasteiger partial charge in [-0.2, -0.15) is 0 Å². The van der Waals surface area contributed by atoms with Gasteiger partial charge in [0.25, 0.3) is 11.7 Å². The van der Waals surface area contributed by atoms with Gasteiger partial charge in [-0.1, -0.05) is 32.4 Å². The summed E-state index contributed by atoms with van der Waals surface area (Å²) in [4.78, 5) is 30.5. The number of unbranched alkanes of at least 4 members (excludes halogenated alkanes) is 1. The molecular formula is C30H38N2O6. The molecule has 0 aromatic heterocycles. The van der Waals surface area contributed by atoms with Gasteiger partial charge >= 0.3 is 0 Å². The minimum absolute atomic E-state index is 0.0879. The molecule has 1 unspecified atom stereocenters. The van der Waals surface area contributed by atoms with E-state index >= 15 is 0 Å². The minimum atomic E-state index is -0.721. The highest BCUT2D eigenvalue weighted by Gasteiger charge is 2.46. The van der Waals surface area contributed by atoms with Crippen molar-refractivity contribution in [3.05, 3.63) is 65.2 Å². The van der Waals surface area contributed by atoms with Crippen LogP contribution >= 0.6 is 0 Å². The van der Waals surface area contributed by atoms with Crippen LogP contribution in [0.25, 0.3) is 5.76 Å². The van der Waals surface area contributed by atoms with E-state index in [2.05, 4.69) is 11.8 Å². The van der Waals surface area contributed by atoms with E-state index in [4.69, 9.17) is 14.2 Å². The Morgan fingerprint density at radius 1 is 0.947 bits per heavy atom. The zero-order valence-electron chi connectivity index (χ0n) is 22.4. The first-order valence-corrected chi connectivity index (χ1v) is 13.6. The highest BCUT2D eigenvalue weighted by Crippen LogP contribution is 2.40.